The van der Waals surface area contributed by atoms with Crippen molar-refractivity contribution in [2.24, 2.45) is 5.41 Å². The fraction of sp³-hybridized carbons (Fsp3) is 0.625. The highest BCUT2D eigenvalue weighted by Crippen LogP contribution is 2.27. The van der Waals surface area contributed by atoms with Crippen molar-refractivity contribution in [1.82, 2.24) is 14.9 Å². The fourth-order valence-electron chi connectivity index (χ4n) is 2.29. The largest absolute Gasteiger partial charge is 0.370 e. The van der Waals surface area contributed by atoms with E-state index in [0.29, 0.717) is 6.04 Å². The molecule has 0 aromatic carbocycles. The average Bonchev–Trinajstić information content (AvgIpc) is 2.85. The Bertz CT molecular complexity index is 600. The maximum Gasteiger partial charge on any atom is 0.146 e. The molecule has 0 saturated heterocycles. The van der Waals surface area contributed by atoms with E-state index < -0.39 is 0 Å². The van der Waals surface area contributed by atoms with Gasteiger partial charge in [-0.2, -0.15) is 0 Å². The molecule has 4 nitrogen and oxygen atoms in total. The first-order chi connectivity index (χ1) is 9.82. The van der Waals surface area contributed by atoms with Gasteiger partial charge in [0.05, 0.1) is 11.9 Å². The maximum absolute atomic E-state index is 4.71. The van der Waals surface area contributed by atoms with Gasteiger partial charge < -0.3 is 5.32 Å². The molecular weight excluding hydrogens is 280 g/mol. The molecule has 116 valence electrons. The quantitative estimate of drug-likeness (QED) is 0.907. The number of nitrogens with zero attached hydrogens (tertiary/aromatic N) is 3. The molecule has 0 saturated carbocycles. The second kappa shape index (κ2) is 6.28. The van der Waals surface area contributed by atoms with Crippen LogP contribution in [0, 0.1) is 5.41 Å². The molecule has 2 heterocycles. The number of hydrogen-bond donors (Lipinski definition) is 1. The van der Waals surface area contributed by atoms with E-state index in [2.05, 4.69) is 63.3 Å². The SMILES string of the molecule is CCNc1nc(CN(C)C(C)C(C)(C)C)nc2sccc12. The summed E-state index contributed by atoms with van der Waals surface area (Å²) in [5.41, 5.74) is 0.242. The van der Waals surface area contributed by atoms with Crippen molar-refractivity contribution < 1.29 is 0 Å². The molecule has 2 rings (SSSR count). The maximum atomic E-state index is 4.71. The van der Waals surface area contributed by atoms with Crippen molar-refractivity contribution in [1.29, 1.82) is 0 Å². The zero-order valence-electron chi connectivity index (χ0n) is 13.9. The summed E-state index contributed by atoms with van der Waals surface area (Å²) in [6.07, 6.45) is 0. The van der Waals surface area contributed by atoms with Gasteiger partial charge in [-0.1, -0.05) is 20.8 Å². The first-order valence-electron chi connectivity index (χ1n) is 7.51. The third-order valence-electron chi connectivity index (χ3n) is 4.02. The summed E-state index contributed by atoms with van der Waals surface area (Å²) >= 11 is 1.67. The van der Waals surface area contributed by atoms with Crippen LogP contribution in [-0.4, -0.2) is 34.5 Å². The first-order valence-corrected chi connectivity index (χ1v) is 8.39. The van der Waals surface area contributed by atoms with E-state index in [1.54, 1.807) is 11.3 Å². The molecule has 1 atom stereocenters. The number of hydrogen-bond acceptors (Lipinski definition) is 5. The average molecular weight is 306 g/mol. The van der Waals surface area contributed by atoms with Crippen molar-refractivity contribution in [3.63, 3.8) is 0 Å². The van der Waals surface area contributed by atoms with Crippen molar-refractivity contribution in [2.75, 3.05) is 18.9 Å². The van der Waals surface area contributed by atoms with E-state index >= 15 is 0 Å². The minimum Gasteiger partial charge on any atom is -0.370 e. The molecule has 0 radical (unpaired) electrons. The number of fused-ring (bicyclic) bond motifs is 1. The van der Waals surface area contributed by atoms with Gasteiger partial charge in [0.15, 0.2) is 0 Å². The summed E-state index contributed by atoms with van der Waals surface area (Å²) in [7, 11) is 2.14. The van der Waals surface area contributed by atoms with Crippen LogP contribution in [0.25, 0.3) is 10.2 Å². The number of rotatable bonds is 5. The van der Waals surface area contributed by atoms with Crippen molar-refractivity contribution in [2.45, 2.75) is 47.2 Å². The highest BCUT2D eigenvalue weighted by Gasteiger charge is 2.24. The van der Waals surface area contributed by atoms with E-state index in [4.69, 9.17) is 9.97 Å². The van der Waals surface area contributed by atoms with E-state index in [0.717, 1.165) is 34.9 Å². The van der Waals surface area contributed by atoms with Gasteiger partial charge in [-0.3, -0.25) is 4.90 Å². The predicted octanol–water partition coefficient (Wildman–Crippen LogP) is 3.99. The molecule has 1 unspecified atom stereocenters. The van der Waals surface area contributed by atoms with Gasteiger partial charge in [-0.05, 0) is 37.8 Å². The Balaban J connectivity index is 2.26. The number of aromatic nitrogens is 2. The van der Waals surface area contributed by atoms with Gasteiger partial charge in [0.1, 0.15) is 16.5 Å². The monoisotopic (exact) mass is 306 g/mol. The predicted molar refractivity (Wildman–Crippen MR) is 92.0 cm³/mol. The van der Waals surface area contributed by atoms with Crippen LogP contribution in [-0.2, 0) is 6.54 Å². The zero-order valence-corrected chi connectivity index (χ0v) is 14.7. The Morgan fingerprint density at radius 3 is 2.67 bits per heavy atom. The van der Waals surface area contributed by atoms with Gasteiger partial charge in [-0.15, -0.1) is 11.3 Å². The smallest absolute Gasteiger partial charge is 0.146 e. The molecule has 21 heavy (non-hydrogen) atoms. The number of nitrogens with one attached hydrogen (secondary N) is 1. The Hall–Kier alpha value is -1.20. The topological polar surface area (TPSA) is 41.1 Å². The highest BCUT2D eigenvalue weighted by atomic mass is 32.1. The second-order valence-electron chi connectivity index (χ2n) is 6.62. The summed E-state index contributed by atoms with van der Waals surface area (Å²) < 4.78 is 0. The van der Waals surface area contributed by atoms with Crippen LogP contribution in [0.4, 0.5) is 5.82 Å². The zero-order chi connectivity index (χ0) is 15.6. The summed E-state index contributed by atoms with van der Waals surface area (Å²) in [6, 6.07) is 2.55. The Morgan fingerprint density at radius 2 is 2.05 bits per heavy atom. The molecule has 0 aliphatic carbocycles. The second-order valence-corrected chi connectivity index (χ2v) is 7.51. The van der Waals surface area contributed by atoms with Gasteiger partial charge in [0.25, 0.3) is 0 Å². The molecule has 0 bridgehead atoms. The molecule has 0 aliphatic rings. The van der Waals surface area contributed by atoms with Crippen LogP contribution in [0.15, 0.2) is 11.4 Å². The molecule has 2 aromatic rings. The van der Waals surface area contributed by atoms with E-state index in [-0.39, 0.29) is 5.41 Å². The molecule has 0 aliphatic heterocycles. The van der Waals surface area contributed by atoms with E-state index in [1.165, 1.54) is 0 Å². The number of anilines is 1. The third kappa shape index (κ3) is 3.71. The Morgan fingerprint density at radius 1 is 1.33 bits per heavy atom. The summed E-state index contributed by atoms with van der Waals surface area (Å²) in [4.78, 5) is 12.8. The van der Waals surface area contributed by atoms with Gasteiger partial charge in [0, 0.05) is 12.6 Å². The lowest BCUT2D eigenvalue weighted by molar-refractivity contribution is 0.132. The van der Waals surface area contributed by atoms with E-state index in [9.17, 15) is 0 Å². The van der Waals surface area contributed by atoms with Gasteiger partial charge in [-0.25, -0.2) is 9.97 Å². The normalized spacial score (nSPS) is 13.9. The van der Waals surface area contributed by atoms with Crippen LogP contribution < -0.4 is 5.32 Å². The fourth-order valence-corrected chi connectivity index (χ4v) is 3.08. The lowest BCUT2D eigenvalue weighted by Gasteiger charge is -2.35. The first kappa shape index (κ1) is 16.2. The number of thiophene rings is 1. The highest BCUT2D eigenvalue weighted by molar-refractivity contribution is 7.16. The van der Waals surface area contributed by atoms with Crippen LogP contribution in [0.3, 0.4) is 0 Å². The molecule has 0 amide bonds. The van der Waals surface area contributed by atoms with Crippen LogP contribution in [0.1, 0.15) is 40.4 Å². The standard InChI is InChI=1S/C16H26N4S/c1-7-17-14-12-8-9-21-15(12)19-13(18-14)10-20(6)11(2)16(3,4)5/h8-9,11H,7,10H2,1-6H3,(H,17,18,19). The molecule has 1 N–H and O–H groups in total. The lowest BCUT2D eigenvalue weighted by Crippen LogP contribution is -2.39. The van der Waals surface area contributed by atoms with E-state index in [1.807, 2.05) is 0 Å². The van der Waals surface area contributed by atoms with Crippen LogP contribution >= 0.6 is 11.3 Å². The molecule has 0 fully saturated rings. The summed E-state index contributed by atoms with van der Waals surface area (Å²) in [5, 5.41) is 6.54. The molecule has 2 aromatic heterocycles. The minimum absolute atomic E-state index is 0.242. The Labute approximate surface area is 131 Å². The summed E-state index contributed by atoms with van der Waals surface area (Å²) in [6.45, 7) is 12.8. The molecular formula is C16H26N4S. The molecule has 5 heteroatoms. The third-order valence-corrected chi connectivity index (χ3v) is 4.83. The van der Waals surface area contributed by atoms with Crippen molar-refractivity contribution in [3.8, 4) is 0 Å². The lowest BCUT2D eigenvalue weighted by atomic mass is 9.87. The van der Waals surface area contributed by atoms with Crippen LogP contribution in [0.5, 0.6) is 0 Å². The summed E-state index contributed by atoms with van der Waals surface area (Å²) in [5.74, 6) is 1.84. The van der Waals surface area contributed by atoms with Gasteiger partial charge in [0.2, 0.25) is 0 Å². The van der Waals surface area contributed by atoms with Crippen LogP contribution in [0.2, 0.25) is 0 Å². The van der Waals surface area contributed by atoms with Gasteiger partial charge >= 0.3 is 0 Å². The van der Waals surface area contributed by atoms with Crippen molar-refractivity contribution in [3.05, 3.63) is 17.3 Å². The minimum atomic E-state index is 0.242. The molecule has 0 spiro atoms. The Kier molecular flexibility index (Phi) is 4.84. The van der Waals surface area contributed by atoms with Crippen molar-refractivity contribution >= 4 is 27.4 Å².